The molecule has 0 aromatic carbocycles. The Morgan fingerprint density at radius 3 is 1.67 bits per heavy atom. The van der Waals surface area contributed by atoms with Crippen molar-refractivity contribution >= 4 is 34.5 Å². The fraction of sp³-hybridized carbons (Fsp3) is 0.929. The summed E-state index contributed by atoms with van der Waals surface area (Å²) in [6, 6.07) is 0. The fourth-order valence-corrected chi connectivity index (χ4v) is 4.79. The molecule has 196 valence electrons. The molecule has 0 aliphatic heterocycles. The van der Waals surface area contributed by atoms with Gasteiger partial charge in [-0.15, -0.1) is 0 Å². The Hall–Kier alpha value is -0.330. The van der Waals surface area contributed by atoms with E-state index in [1.165, 1.54) is 57.8 Å². The van der Waals surface area contributed by atoms with Gasteiger partial charge in [-0.05, 0) is 49.9 Å². The standard InChI is InChI=1S/C28H53IO4/c1-4-6-8-9-10-11-12-13-14-18-22-25(21-17-7-5-2)33-27(32)28(3,26(30)31)23-19-15-16-20-24-29/h25H,4-24H2,1-3H3,(H,30,31). The number of aliphatic carboxylic acids is 1. The van der Waals surface area contributed by atoms with Gasteiger partial charge in [0, 0.05) is 0 Å². The van der Waals surface area contributed by atoms with E-state index >= 15 is 0 Å². The molecule has 0 heterocycles. The van der Waals surface area contributed by atoms with Crippen molar-refractivity contribution < 1.29 is 19.4 Å². The first-order valence-corrected chi connectivity index (χ1v) is 15.4. The van der Waals surface area contributed by atoms with Gasteiger partial charge >= 0.3 is 11.9 Å². The minimum Gasteiger partial charge on any atom is -0.480 e. The van der Waals surface area contributed by atoms with Crippen molar-refractivity contribution in [3.8, 4) is 0 Å². The van der Waals surface area contributed by atoms with Crippen LogP contribution in [0, 0.1) is 5.41 Å². The number of halogens is 1. The predicted octanol–water partition coefficient (Wildman–Crippen LogP) is 9.27. The molecule has 0 saturated heterocycles. The number of carboxylic acid groups (broad SMARTS) is 1. The van der Waals surface area contributed by atoms with Gasteiger partial charge in [0.05, 0.1) is 0 Å². The second kappa shape index (κ2) is 22.2. The number of unbranched alkanes of at least 4 members (excludes halogenated alkanes) is 14. The molecule has 0 fully saturated rings. The van der Waals surface area contributed by atoms with Crippen molar-refractivity contribution in [2.75, 3.05) is 4.43 Å². The Balaban J connectivity index is 4.48. The van der Waals surface area contributed by atoms with Crippen LogP contribution in [0.4, 0.5) is 0 Å². The molecule has 1 N–H and O–H groups in total. The Morgan fingerprint density at radius 1 is 0.727 bits per heavy atom. The third kappa shape index (κ3) is 16.9. The van der Waals surface area contributed by atoms with Gasteiger partial charge in [-0.1, -0.05) is 126 Å². The van der Waals surface area contributed by atoms with Crippen LogP contribution in [0.3, 0.4) is 0 Å². The summed E-state index contributed by atoms with van der Waals surface area (Å²) < 4.78 is 6.98. The fourth-order valence-electron chi connectivity index (χ4n) is 4.25. The molecule has 0 radical (unpaired) electrons. The van der Waals surface area contributed by atoms with E-state index in [1.807, 2.05) is 0 Å². The van der Waals surface area contributed by atoms with Crippen molar-refractivity contribution in [2.45, 2.75) is 155 Å². The monoisotopic (exact) mass is 580 g/mol. The van der Waals surface area contributed by atoms with Crippen LogP contribution in [0.2, 0.25) is 0 Å². The summed E-state index contributed by atoms with van der Waals surface area (Å²) in [6.07, 6.45) is 22.0. The lowest BCUT2D eigenvalue weighted by Crippen LogP contribution is -2.40. The summed E-state index contributed by atoms with van der Waals surface area (Å²) in [7, 11) is 0. The molecule has 4 nitrogen and oxygen atoms in total. The van der Waals surface area contributed by atoms with Crippen LogP contribution >= 0.6 is 22.6 Å². The molecular weight excluding hydrogens is 527 g/mol. The van der Waals surface area contributed by atoms with E-state index in [0.717, 1.165) is 68.6 Å². The smallest absolute Gasteiger partial charge is 0.323 e. The Bertz CT molecular complexity index is 483. The van der Waals surface area contributed by atoms with E-state index in [2.05, 4.69) is 36.4 Å². The molecule has 0 saturated carbocycles. The minimum atomic E-state index is -1.43. The summed E-state index contributed by atoms with van der Waals surface area (Å²) in [6.45, 7) is 5.98. The second-order valence-corrected chi connectivity index (χ2v) is 11.1. The Labute approximate surface area is 218 Å². The van der Waals surface area contributed by atoms with Crippen molar-refractivity contribution in [3.05, 3.63) is 0 Å². The maximum atomic E-state index is 12.9. The SMILES string of the molecule is CCCCCCCCCCCCC(CCCCC)OC(=O)C(C)(CCCCCCI)C(=O)O. The van der Waals surface area contributed by atoms with E-state index in [0.29, 0.717) is 6.42 Å². The molecule has 0 spiro atoms. The summed E-state index contributed by atoms with van der Waals surface area (Å²) in [5, 5.41) is 9.80. The van der Waals surface area contributed by atoms with Crippen LogP contribution in [0.15, 0.2) is 0 Å². The van der Waals surface area contributed by atoms with Crippen molar-refractivity contribution in [1.29, 1.82) is 0 Å². The van der Waals surface area contributed by atoms with Gasteiger partial charge in [-0.3, -0.25) is 9.59 Å². The number of carbonyl (C=O) groups excluding carboxylic acids is 1. The number of esters is 1. The van der Waals surface area contributed by atoms with Crippen LogP contribution in [-0.4, -0.2) is 27.6 Å². The third-order valence-corrected chi connectivity index (χ3v) is 7.53. The molecule has 0 bridgehead atoms. The first-order valence-electron chi connectivity index (χ1n) is 13.9. The summed E-state index contributed by atoms with van der Waals surface area (Å²) >= 11 is 2.36. The van der Waals surface area contributed by atoms with Crippen LogP contribution in [0.5, 0.6) is 0 Å². The summed E-state index contributed by atoms with van der Waals surface area (Å²) in [5.41, 5.74) is -1.43. The van der Waals surface area contributed by atoms with E-state index < -0.39 is 17.4 Å². The topological polar surface area (TPSA) is 63.6 Å². The third-order valence-electron chi connectivity index (χ3n) is 6.77. The average molecular weight is 581 g/mol. The van der Waals surface area contributed by atoms with Crippen molar-refractivity contribution in [1.82, 2.24) is 0 Å². The zero-order valence-corrected chi connectivity index (χ0v) is 24.1. The molecule has 33 heavy (non-hydrogen) atoms. The highest BCUT2D eigenvalue weighted by molar-refractivity contribution is 14.1. The van der Waals surface area contributed by atoms with Crippen LogP contribution < -0.4 is 0 Å². The first kappa shape index (κ1) is 32.7. The van der Waals surface area contributed by atoms with Crippen molar-refractivity contribution in [2.24, 2.45) is 5.41 Å². The predicted molar refractivity (Wildman–Crippen MR) is 148 cm³/mol. The molecule has 0 rings (SSSR count). The van der Waals surface area contributed by atoms with Gasteiger partial charge < -0.3 is 9.84 Å². The molecule has 0 aliphatic carbocycles. The van der Waals surface area contributed by atoms with E-state index in [9.17, 15) is 14.7 Å². The molecule has 0 aromatic heterocycles. The number of ether oxygens (including phenoxy) is 1. The lowest BCUT2D eigenvalue weighted by atomic mass is 9.84. The Kier molecular flexibility index (Phi) is 21.9. The zero-order valence-electron chi connectivity index (χ0n) is 22.0. The summed E-state index contributed by atoms with van der Waals surface area (Å²) in [5.74, 6) is -1.58. The lowest BCUT2D eigenvalue weighted by molar-refractivity contribution is -0.172. The van der Waals surface area contributed by atoms with Gasteiger partial charge in [0.1, 0.15) is 6.10 Å². The average Bonchev–Trinajstić information content (AvgIpc) is 2.79. The van der Waals surface area contributed by atoms with E-state index in [1.54, 1.807) is 6.92 Å². The number of alkyl halides is 1. The molecule has 0 aliphatic rings. The van der Waals surface area contributed by atoms with Gasteiger partial charge in [0.25, 0.3) is 0 Å². The van der Waals surface area contributed by atoms with Gasteiger partial charge in [0.2, 0.25) is 0 Å². The Morgan fingerprint density at radius 2 is 1.15 bits per heavy atom. The van der Waals surface area contributed by atoms with Crippen LogP contribution in [-0.2, 0) is 14.3 Å². The van der Waals surface area contributed by atoms with Gasteiger partial charge in [-0.2, -0.15) is 0 Å². The quantitative estimate of drug-likeness (QED) is 0.0406. The highest BCUT2D eigenvalue weighted by Crippen LogP contribution is 2.29. The first-order chi connectivity index (χ1) is 15.9. The lowest BCUT2D eigenvalue weighted by Gasteiger charge is -2.26. The zero-order chi connectivity index (χ0) is 24.8. The molecule has 2 atom stereocenters. The highest BCUT2D eigenvalue weighted by atomic mass is 127. The van der Waals surface area contributed by atoms with Crippen LogP contribution in [0.1, 0.15) is 149 Å². The maximum absolute atomic E-state index is 12.9. The number of hydrogen-bond donors (Lipinski definition) is 1. The number of carbonyl (C=O) groups is 2. The van der Waals surface area contributed by atoms with Gasteiger partial charge in [0.15, 0.2) is 5.41 Å². The molecular formula is C28H53IO4. The van der Waals surface area contributed by atoms with Crippen molar-refractivity contribution in [3.63, 3.8) is 0 Å². The minimum absolute atomic E-state index is 0.143. The molecule has 0 aromatic rings. The number of rotatable bonds is 24. The van der Waals surface area contributed by atoms with Gasteiger partial charge in [-0.25, -0.2) is 0 Å². The number of hydrogen-bond acceptors (Lipinski definition) is 3. The maximum Gasteiger partial charge on any atom is 0.323 e. The van der Waals surface area contributed by atoms with E-state index in [4.69, 9.17) is 4.74 Å². The molecule has 2 unspecified atom stereocenters. The normalized spacial score (nSPS) is 14.1. The molecule has 5 heteroatoms. The highest BCUT2D eigenvalue weighted by Gasteiger charge is 2.43. The number of carboxylic acids is 1. The van der Waals surface area contributed by atoms with Crippen LogP contribution in [0.25, 0.3) is 0 Å². The summed E-state index contributed by atoms with van der Waals surface area (Å²) in [4.78, 5) is 24.9. The second-order valence-electron chi connectivity index (χ2n) is 9.98. The molecule has 0 amide bonds. The largest absolute Gasteiger partial charge is 0.480 e. The van der Waals surface area contributed by atoms with E-state index in [-0.39, 0.29) is 6.10 Å².